The zero-order chi connectivity index (χ0) is 17.1. The van der Waals surface area contributed by atoms with Crippen LogP contribution in [0.4, 0.5) is 0 Å². The molecular weight excluding hydrogens is 372 g/mol. The Morgan fingerprint density at radius 3 is 2.12 bits per heavy atom. The monoisotopic (exact) mass is 396 g/mol. The van der Waals surface area contributed by atoms with Gasteiger partial charge < -0.3 is 5.73 Å². The second kappa shape index (κ2) is 8.62. The summed E-state index contributed by atoms with van der Waals surface area (Å²) in [6.45, 7) is 0.274. The number of nitrogens with two attached hydrogens (primary N) is 1. The first-order valence-electron chi connectivity index (χ1n) is 7.70. The summed E-state index contributed by atoms with van der Waals surface area (Å²) in [4.78, 5) is 0.131. The molecule has 24 heavy (non-hydrogen) atoms. The first-order valence-corrected chi connectivity index (χ1v) is 11.2. The number of sulfonamides is 1. The van der Waals surface area contributed by atoms with Crippen molar-refractivity contribution in [2.75, 3.05) is 12.8 Å². The van der Waals surface area contributed by atoms with Gasteiger partial charge in [0.1, 0.15) is 0 Å². The van der Waals surface area contributed by atoms with Crippen LogP contribution in [0.5, 0.6) is 0 Å². The summed E-state index contributed by atoms with van der Waals surface area (Å²) in [6, 6.07) is 5.68. The van der Waals surface area contributed by atoms with E-state index in [-0.39, 0.29) is 35.6 Å². The van der Waals surface area contributed by atoms with Gasteiger partial charge in [0.2, 0.25) is 10.0 Å². The average molecular weight is 397 g/mol. The second-order valence-electron chi connectivity index (χ2n) is 6.22. The zero-order valence-electron chi connectivity index (χ0n) is 13.6. The Morgan fingerprint density at radius 2 is 1.67 bits per heavy atom. The van der Waals surface area contributed by atoms with E-state index in [0.717, 1.165) is 31.9 Å². The lowest BCUT2D eigenvalue weighted by Crippen LogP contribution is -2.44. The molecule has 0 amide bonds. The molecule has 1 aromatic carbocycles. The molecule has 0 radical (unpaired) electrons. The van der Waals surface area contributed by atoms with E-state index in [1.54, 1.807) is 0 Å². The Morgan fingerprint density at radius 1 is 1.12 bits per heavy atom. The summed E-state index contributed by atoms with van der Waals surface area (Å²) in [5.41, 5.74) is 6.30. The average Bonchev–Trinajstić information content (AvgIpc) is 2.97. The highest BCUT2D eigenvalue weighted by molar-refractivity contribution is 7.90. The number of sulfone groups is 1. The highest BCUT2D eigenvalue weighted by Gasteiger charge is 2.28. The molecule has 0 bridgehead atoms. The van der Waals surface area contributed by atoms with Crippen molar-refractivity contribution in [3.05, 3.63) is 29.8 Å². The third kappa shape index (κ3) is 6.00. The first-order chi connectivity index (χ1) is 10.7. The fourth-order valence-corrected chi connectivity index (χ4v) is 5.15. The van der Waals surface area contributed by atoms with E-state index in [1.807, 2.05) is 0 Å². The van der Waals surface area contributed by atoms with E-state index < -0.39 is 19.9 Å². The van der Waals surface area contributed by atoms with Crippen LogP contribution in [-0.4, -0.2) is 35.7 Å². The summed E-state index contributed by atoms with van der Waals surface area (Å²) in [5, 5.41) is 0. The van der Waals surface area contributed by atoms with Crippen molar-refractivity contribution in [3.8, 4) is 0 Å². The maximum Gasteiger partial charge on any atom is 0.240 e. The van der Waals surface area contributed by atoms with E-state index in [9.17, 15) is 16.8 Å². The van der Waals surface area contributed by atoms with Crippen LogP contribution in [0.2, 0.25) is 0 Å². The van der Waals surface area contributed by atoms with Crippen LogP contribution in [-0.2, 0) is 25.6 Å². The molecule has 0 aromatic heterocycles. The van der Waals surface area contributed by atoms with Crippen LogP contribution in [0.15, 0.2) is 29.2 Å². The minimum atomic E-state index is -3.65. The quantitative estimate of drug-likeness (QED) is 0.725. The summed E-state index contributed by atoms with van der Waals surface area (Å²) in [6.07, 6.45) is 5.37. The van der Waals surface area contributed by atoms with Gasteiger partial charge in [0.15, 0.2) is 9.84 Å². The molecule has 1 aliphatic carbocycles. The standard InChI is InChI=1S/C15H24N2O4S2.ClH/c1-22(18,19)11-12-6-8-14(9-7-12)23(20,21)17-15(10-16)13-4-2-3-5-13;/h6-9,13,15,17H,2-5,10-11,16H2,1H3;1H. The minimum absolute atomic E-state index is 0. The number of hydrogen-bond donors (Lipinski definition) is 2. The zero-order valence-corrected chi connectivity index (χ0v) is 16.1. The molecule has 0 aliphatic heterocycles. The van der Waals surface area contributed by atoms with E-state index in [1.165, 1.54) is 24.3 Å². The highest BCUT2D eigenvalue weighted by atomic mass is 35.5. The molecule has 6 nitrogen and oxygen atoms in total. The van der Waals surface area contributed by atoms with Crippen molar-refractivity contribution >= 4 is 32.3 Å². The maximum atomic E-state index is 12.5. The molecule has 1 saturated carbocycles. The van der Waals surface area contributed by atoms with E-state index in [4.69, 9.17) is 5.73 Å². The topological polar surface area (TPSA) is 106 Å². The van der Waals surface area contributed by atoms with Crippen molar-refractivity contribution in [1.82, 2.24) is 4.72 Å². The SMILES string of the molecule is CS(=O)(=O)Cc1ccc(S(=O)(=O)NC(CN)C2CCCC2)cc1.Cl. The van der Waals surface area contributed by atoms with Crippen LogP contribution in [0.3, 0.4) is 0 Å². The largest absolute Gasteiger partial charge is 0.329 e. The molecule has 0 heterocycles. The molecule has 1 unspecified atom stereocenters. The van der Waals surface area contributed by atoms with Gasteiger partial charge in [-0.2, -0.15) is 0 Å². The Labute approximate surface area is 150 Å². The number of benzene rings is 1. The summed E-state index contributed by atoms with van der Waals surface area (Å²) in [5.74, 6) is 0.188. The molecule has 0 saturated heterocycles. The Kier molecular flexibility index (Phi) is 7.68. The molecular formula is C15H25ClN2O4S2. The Hall–Kier alpha value is -0.670. The van der Waals surface area contributed by atoms with Crippen LogP contribution in [0.1, 0.15) is 31.2 Å². The van der Waals surface area contributed by atoms with Crippen molar-refractivity contribution in [2.45, 2.75) is 42.4 Å². The van der Waals surface area contributed by atoms with E-state index in [2.05, 4.69) is 4.72 Å². The molecule has 2 rings (SSSR count). The predicted octanol–water partition coefficient (Wildman–Crippen LogP) is 1.45. The highest BCUT2D eigenvalue weighted by Crippen LogP contribution is 2.28. The van der Waals surface area contributed by atoms with Gasteiger partial charge in [0.25, 0.3) is 0 Å². The lowest BCUT2D eigenvalue weighted by molar-refractivity contribution is 0.405. The predicted molar refractivity (Wildman–Crippen MR) is 97.4 cm³/mol. The van der Waals surface area contributed by atoms with E-state index in [0.29, 0.717) is 11.5 Å². The number of halogens is 1. The van der Waals surface area contributed by atoms with Crippen molar-refractivity contribution in [2.24, 2.45) is 11.7 Å². The summed E-state index contributed by atoms with van der Waals surface area (Å²) < 4.78 is 50.2. The maximum absolute atomic E-state index is 12.5. The van der Waals surface area contributed by atoms with Crippen LogP contribution in [0, 0.1) is 5.92 Å². The Bertz CT molecular complexity index is 727. The molecule has 1 fully saturated rings. The van der Waals surface area contributed by atoms with Gasteiger partial charge in [0.05, 0.1) is 10.6 Å². The molecule has 0 spiro atoms. The first kappa shape index (κ1) is 21.4. The second-order valence-corrected chi connectivity index (χ2v) is 10.1. The molecule has 3 N–H and O–H groups in total. The van der Waals surface area contributed by atoms with Gasteiger partial charge in [0, 0.05) is 18.8 Å². The van der Waals surface area contributed by atoms with Crippen molar-refractivity contribution < 1.29 is 16.8 Å². The summed E-state index contributed by atoms with van der Waals surface area (Å²) >= 11 is 0. The third-order valence-corrected chi connectivity index (χ3v) is 6.56. The van der Waals surface area contributed by atoms with Crippen LogP contribution >= 0.6 is 12.4 Å². The number of rotatable bonds is 7. The summed E-state index contributed by atoms with van der Waals surface area (Å²) in [7, 11) is -6.79. The van der Waals surface area contributed by atoms with Crippen molar-refractivity contribution in [1.29, 1.82) is 0 Å². The lowest BCUT2D eigenvalue weighted by Gasteiger charge is -2.23. The van der Waals surface area contributed by atoms with Crippen molar-refractivity contribution in [3.63, 3.8) is 0 Å². The van der Waals surface area contributed by atoms with Gasteiger partial charge in [-0.15, -0.1) is 12.4 Å². The molecule has 1 atom stereocenters. The van der Waals surface area contributed by atoms with Gasteiger partial charge in [-0.3, -0.25) is 0 Å². The minimum Gasteiger partial charge on any atom is -0.329 e. The van der Waals surface area contributed by atoms with Gasteiger partial charge in [-0.1, -0.05) is 25.0 Å². The smallest absolute Gasteiger partial charge is 0.240 e. The number of nitrogens with one attached hydrogen (secondary N) is 1. The molecule has 1 aromatic rings. The Balaban J connectivity index is 0.00000288. The molecule has 9 heteroatoms. The fraction of sp³-hybridized carbons (Fsp3) is 0.600. The van der Waals surface area contributed by atoms with Gasteiger partial charge in [-0.25, -0.2) is 21.6 Å². The van der Waals surface area contributed by atoms with Gasteiger partial charge >= 0.3 is 0 Å². The van der Waals surface area contributed by atoms with Gasteiger partial charge in [-0.05, 0) is 36.5 Å². The molecule has 1 aliphatic rings. The number of hydrogen-bond acceptors (Lipinski definition) is 5. The van der Waals surface area contributed by atoms with Crippen LogP contribution in [0.25, 0.3) is 0 Å². The lowest BCUT2D eigenvalue weighted by atomic mass is 9.99. The van der Waals surface area contributed by atoms with E-state index >= 15 is 0 Å². The molecule has 138 valence electrons. The third-order valence-electron chi connectivity index (χ3n) is 4.19. The normalized spacial score (nSPS) is 17.4. The fourth-order valence-electron chi connectivity index (χ4n) is 3.03. The van der Waals surface area contributed by atoms with Crippen LogP contribution < -0.4 is 10.5 Å².